The SMILES string of the molecule is Cc1ccc(NC(=O)C(CC(C)C)NC(=O)c2ccccc2C)c(F)c1. The van der Waals surface area contributed by atoms with E-state index < -0.39 is 17.8 Å². The van der Waals surface area contributed by atoms with Gasteiger partial charge in [0.1, 0.15) is 11.9 Å². The molecule has 0 spiro atoms. The van der Waals surface area contributed by atoms with E-state index in [4.69, 9.17) is 0 Å². The van der Waals surface area contributed by atoms with Gasteiger partial charge in [-0.05, 0) is 55.5 Å². The summed E-state index contributed by atoms with van der Waals surface area (Å²) in [6.45, 7) is 7.55. The van der Waals surface area contributed by atoms with E-state index in [1.807, 2.05) is 32.9 Å². The van der Waals surface area contributed by atoms with Gasteiger partial charge in [-0.2, -0.15) is 0 Å². The van der Waals surface area contributed by atoms with Gasteiger partial charge in [0, 0.05) is 5.56 Å². The Kier molecular flexibility index (Phi) is 6.50. The summed E-state index contributed by atoms with van der Waals surface area (Å²) in [7, 11) is 0. The summed E-state index contributed by atoms with van der Waals surface area (Å²) in [5.41, 5.74) is 2.24. The standard InChI is InChI=1S/C21H25FN2O2/c1-13(2)11-19(24-20(25)16-8-6-5-7-15(16)4)21(26)23-18-10-9-14(3)12-17(18)22/h5-10,12-13,19H,11H2,1-4H3,(H,23,26)(H,24,25). The quantitative estimate of drug-likeness (QED) is 0.814. The fraction of sp³-hybridized carbons (Fsp3) is 0.333. The third-order valence-electron chi connectivity index (χ3n) is 4.10. The maximum Gasteiger partial charge on any atom is 0.252 e. The van der Waals surface area contributed by atoms with Crippen LogP contribution < -0.4 is 10.6 Å². The number of rotatable bonds is 6. The van der Waals surface area contributed by atoms with Gasteiger partial charge < -0.3 is 10.6 Å². The summed E-state index contributed by atoms with van der Waals surface area (Å²) in [5, 5.41) is 5.37. The van der Waals surface area contributed by atoms with Crippen molar-refractivity contribution in [1.82, 2.24) is 5.32 Å². The number of carbonyl (C=O) groups excluding carboxylic acids is 2. The third kappa shape index (κ3) is 5.15. The van der Waals surface area contributed by atoms with E-state index in [0.29, 0.717) is 12.0 Å². The minimum Gasteiger partial charge on any atom is -0.340 e. The van der Waals surface area contributed by atoms with E-state index in [0.717, 1.165) is 11.1 Å². The van der Waals surface area contributed by atoms with Gasteiger partial charge in [0.05, 0.1) is 5.69 Å². The molecule has 2 rings (SSSR count). The van der Waals surface area contributed by atoms with Crippen LogP contribution in [0, 0.1) is 25.6 Å². The van der Waals surface area contributed by atoms with E-state index in [-0.39, 0.29) is 17.5 Å². The Morgan fingerprint density at radius 3 is 2.38 bits per heavy atom. The van der Waals surface area contributed by atoms with E-state index >= 15 is 0 Å². The summed E-state index contributed by atoms with van der Waals surface area (Å²) in [5.74, 6) is -1.05. The van der Waals surface area contributed by atoms with Gasteiger partial charge in [-0.3, -0.25) is 9.59 Å². The largest absolute Gasteiger partial charge is 0.340 e. The molecule has 138 valence electrons. The third-order valence-corrected chi connectivity index (χ3v) is 4.10. The summed E-state index contributed by atoms with van der Waals surface area (Å²) in [6, 6.07) is 11.1. The van der Waals surface area contributed by atoms with Gasteiger partial charge in [-0.25, -0.2) is 4.39 Å². The number of hydrogen-bond donors (Lipinski definition) is 2. The lowest BCUT2D eigenvalue weighted by Crippen LogP contribution is -2.44. The molecule has 5 heteroatoms. The Hall–Kier alpha value is -2.69. The Morgan fingerprint density at radius 2 is 1.77 bits per heavy atom. The average molecular weight is 356 g/mol. The van der Waals surface area contributed by atoms with Crippen molar-refractivity contribution in [2.24, 2.45) is 5.92 Å². The lowest BCUT2D eigenvalue weighted by Gasteiger charge is -2.21. The molecular weight excluding hydrogens is 331 g/mol. The van der Waals surface area contributed by atoms with Crippen LogP contribution in [-0.2, 0) is 4.79 Å². The maximum atomic E-state index is 14.0. The molecule has 1 unspecified atom stereocenters. The minimum atomic E-state index is -0.747. The zero-order chi connectivity index (χ0) is 19.3. The second-order valence-electron chi connectivity index (χ2n) is 6.94. The molecule has 0 bridgehead atoms. The predicted octanol–water partition coefficient (Wildman–Crippen LogP) is 4.23. The monoisotopic (exact) mass is 356 g/mol. The van der Waals surface area contributed by atoms with E-state index in [1.54, 1.807) is 25.1 Å². The highest BCUT2D eigenvalue weighted by Crippen LogP contribution is 2.17. The normalized spacial score (nSPS) is 11.9. The highest BCUT2D eigenvalue weighted by Gasteiger charge is 2.24. The average Bonchev–Trinajstić information content (AvgIpc) is 2.56. The molecular formula is C21H25FN2O2. The number of hydrogen-bond acceptors (Lipinski definition) is 2. The van der Waals surface area contributed by atoms with Gasteiger partial charge in [-0.15, -0.1) is 0 Å². The molecule has 0 saturated carbocycles. The first-order valence-corrected chi connectivity index (χ1v) is 8.71. The van der Waals surface area contributed by atoms with Gasteiger partial charge >= 0.3 is 0 Å². The molecule has 2 aromatic carbocycles. The van der Waals surface area contributed by atoms with Gasteiger partial charge in [0.15, 0.2) is 0 Å². The molecule has 0 aliphatic rings. The zero-order valence-electron chi connectivity index (χ0n) is 15.6. The van der Waals surface area contributed by atoms with Gasteiger partial charge in [-0.1, -0.05) is 38.1 Å². The Bertz CT molecular complexity index is 802. The lowest BCUT2D eigenvalue weighted by molar-refractivity contribution is -0.118. The number of aryl methyl sites for hydroxylation is 2. The fourth-order valence-corrected chi connectivity index (χ4v) is 2.71. The van der Waals surface area contributed by atoms with Crippen molar-refractivity contribution in [3.8, 4) is 0 Å². The maximum absolute atomic E-state index is 14.0. The number of benzene rings is 2. The molecule has 0 fully saturated rings. The molecule has 0 aliphatic heterocycles. The number of nitrogens with one attached hydrogen (secondary N) is 2. The fourth-order valence-electron chi connectivity index (χ4n) is 2.71. The summed E-state index contributed by atoms with van der Waals surface area (Å²) < 4.78 is 14.0. The first kappa shape index (κ1) is 19.6. The number of carbonyl (C=O) groups is 2. The van der Waals surface area contributed by atoms with Crippen LogP contribution in [0.25, 0.3) is 0 Å². The smallest absolute Gasteiger partial charge is 0.252 e. The number of amides is 2. The molecule has 26 heavy (non-hydrogen) atoms. The van der Waals surface area contributed by atoms with E-state index in [2.05, 4.69) is 10.6 Å². The molecule has 0 saturated heterocycles. The Morgan fingerprint density at radius 1 is 1.08 bits per heavy atom. The first-order valence-electron chi connectivity index (χ1n) is 8.71. The van der Waals surface area contributed by atoms with Crippen LogP contribution in [-0.4, -0.2) is 17.9 Å². The molecule has 2 N–H and O–H groups in total. The van der Waals surface area contributed by atoms with Gasteiger partial charge in [0.2, 0.25) is 5.91 Å². The van der Waals surface area contributed by atoms with Crippen molar-refractivity contribution in [3.05, 3.63) is 65.0 Å². The van der Waals surface area contributed by atoms with Crippen LogP contribution in [0.15, 0.2) is 42.5 Å². The number of halogens is 1. The number of anilines is 1. The van der Waals surface area contributed by atoms with E-state index in [1.165, 1.54) is 12.1 Å². The van der Waals surface area contributed by atoms with Crippen LogP contribution in [0.3, 0.4) is 0 Å². The van der Waals surface area contributed by atoms with Crippen molar-refractivity contribution in [2.45, 2.75) is 40.2 Å². The molecule has 2 amide bonds. The molecule has 0 aromatic heterocycles. The molecule has 0 heterocycles. The molecule has 0 radical (unpaired) electrons. The van der Waals surface area contributed by atoms with E-state index in [9.17, 15) is 14.0 Å². The minimum absolute atomic E-state index is 0.111. The van der Waals surface area contributed by atoms with Crippen LogP contribution in [0.2, 0.25) is 0 Å². The topological polar surface area (TPSA) is 58.2 Å². The van der Waals surface area contributed by atoms with Gasteiger partial charge in [0.25, 0.3) is 5.91 Å². The highest BCUT2D eigenvalue weighted by atomic mass is 19.1. The second-order valence-corrected chi connectivity index (χ2v) is 6.94. The summed E-state index contributed by atoms with van der Waals surface area (Å²) in [4.78, 5) is 25.2. The van der Waals surface area contributed by atoms with Crippen LogP contribution in [0.4, 0.5) is 10.1 Å². The van der Waals surface area contributed by atoms with Crippen molar-refractivity contribution < 1.29 is 14.0 Å². The zero-order valence-corrected chi connectivity index (χ0v) is 15.6. The first-order chi connectivity index (χ1) is 12.3. The molecule has 4 nitrogen and oxygen atoms in total. The molecule has 0 aliphatic carbocycles. The van der Waals surface area contributed by atoms with Crippen LogP contribution in [0.5, 0.6) is 0 Å². The summed E-state index contributed by atoms with van der Waals surface area (Å²) >= 11 is 0. The Labute approximate surface area is 153 Å². The molecule has 2 aromatic rings. The van der Waals surface area contributed by atoms with Crippen molar-refractivity contribution in [2.75, 3.05) is 5.32 Å². The van der Waals surface area contributed by atoms with Crippen LogP contribution in [0.1, 0.15) is 41.8 Å². The van der Waals surface area contributed by atoms with Crippen molar-refractivity contribution >= 4 is 17.5 Å². The van der Waals surface area contributed by atoms with Crippen molar-refractivity contribution in [1.29, 1.82) is 0 Å². The Balaban J connectivity index is 2.16. The van der Waals surface area contributed by atoms with Crippen molar-refractivity contribution in [3.63, 3.8) is 0 Å². The van der Waals surface area contributed by atoms with Crippen LogP contribution >= 0.6 is 0 Å². The molecule has 1 atom stereocenters. The highest BCUT2D eigenvalue weighted by molar-refractivity contribution is 6.01. The second kappa shape index (κ2) is 8.61. The lowest BCUT2D eigenvalue weighted by atomic mass is 10.0. The predicted molar refractivity (Wildman–Crippen MR) is 102 cm³/mol. The summed E-state index contributed by atoms with van der Waals surface area (Å²) in [6.07, 6.45) is 0.455.